The second kappa shape index (κ2) is 8.44. The molecule has 1 aromatic heterocycles. The van der Waals surface area contributed by atoms with Crippen LogP contribution in [0, 0.1) is 0 Å². The molecule has 1 fully saturated rings. The summed E-state index contributed by atoms with van der Waals surface area (Å²) in [5.41, 5.74) is 1.65. The average molecular weight is 421 g/mol. The fourth-order valence-corrected chi connectivity index (χ4v) is 3.39. The number of aromatic nitrogens is 2. The summed E-state index contributed by atoms with van der Waals surface area (Å²) in [5.74, 6) is -0.639. The summed E-state index contributed by atoms with van der Waals surface area (Å²) in [4.78, 5) is 40.1. The van der Waals surface area contributed by atoms with Gasteiger partial charge in [-0.25, -0.2) is 9.69 Å². The Balaban J connectivity index is 1.47. The van der Waals surface area contributed by atoms with Crippen LogP contribution < -0.4 is 15.2 Å². The van der Waals surface area contributed by atoms with E-state index < -0.39 is 11.7 Å². The first-order chi connectivity index (χ1) is 14.9. The van der Waals surface area contributed by atoms with Crippen LogP contribution in [0.15, 0.2) is 74.1 Å². The lowest BCUT2D eigenvalue weighted by molar-refractivity contribution is -0.746. The van der Waals surface area contributed by atoms with Crippen LogP contribution in [0.4, 0.5) is 17.1 Å². The Morgan fingerprint density at radius 1 is 1.06 bits per heavy atom. The van der Waals surface area contributed by atoms with Crippen molar-refractivity contribution in [3.8, 4) is 0 Å². The topological polar surface area (TPSA) is 115 Å². The summed E-state index contributed by atoms with van der Waals surface area (Å²) in [6.07, 6.45) is 0.0320. The largest absolute Gasteiger partial charge is 0.431 e. The van der Waals surface area contributed by atoms with Gasteiger partial charge in [-0.15, -0.1) is 0 Å². The maximum atomic E-state index is 13.0. The maximum Gasteiger partial charge on any atom is 0.431 e. The van der Waals surface area contributed by atoms with E-state index in [4.69, 9.17) is 4.52 Å². The van der Waals surface area contributed by atoms with Gasteiger partial charge in [0.15, 0.2) is 7.05 Å². The number of benzene rings is 2. The number of hydrogen-bond donors (Lipinski definition) is 1. The van der Waals surface area contributed by atoms with Crippen LogP contribution in [0.25, 0.3) is 0 Å². The fourth-order valence-electron chi connectivity index (χ4n) is 3.39. The summed E-state index contributed by atoms with van der Waals surface area (Å²) in [6.45, 7) is 0.165. The van der Waals surface area contributed by atoms with Crippen LogP contribution in [-0.4, -0.2) is 35.1 Å². The lowest BCUT2D eigenvalue weighted by atomic mass is 10.2. The predicted octanol–water partition coefficient (Wildman–Crippen LogP) is 1.97. The van der Waals surface area contributed by atoms with E-state index in [1.807, 2.05) is 30.3 Å². The van der Waals surface area contributed by atoms with Crippen molar-refractivity contribution in [3.05, 3.63) is 70.7 Å². The number of nitrogens with one attached hydrogen (secondary N) is 1. The molecule has 1 unspecified atom stereocenters. The number of H-pyrrole nitrogens is 1. The van der Waals surface area contributed by atoms with Gasteiger partial charge in [-0.3, -0.25) is 19.0 Å². The summed E-state index contributed by atoms with van der Waals surface area (Å²) in [5, 5.41) is 10.8. The predicted molar refractivity (Wildman–Crippen MR) is 110 cm³/mol. The van der Waals surface area contributed by atoms with Crippen LogP contribution in [0.2, 0.25) is 0 Å². The maximum absolute atomic E-state index is 13.0. The molecule has 0 saturated carbocycles. The normalized spacial score (nSPS) is 16.7. The van der Waals surface area contributed by atoms with Crippen molar-refractivity contribution in [3.63, 3.8) is 0 Å². The first kappa shape index (κ1) is 20.4. The molecule has 10 nitrogen and oxygen atoms in total. The number of carbonyl (C=O) groups is 2. The minimum absolute atomic E-state index is 0.0320. The molecular formula is C21H21N6O4+. The van der Waals surface area contributed by atoms with Gasteiger partial charge in [0.1, 0.15) is 0 Å². The van der Waals surface area contributed by atoms with E-state index in [0.29, 0.717) is 17.1 Å². The number of aromatic amines is 1. The minimum atomic E-state index is -0.667. The molecule has 3 aromatic rings. The molecule has 2 amide bonds. The van der Waals surface area contributed by atoms with E-state index in [9.17, 15) is 14.4 Å². The third-order valence-corrected chi connectivity index (χ3v) is 5.11. The van der Waals surface area contributed by atoms with Crippen LogP contribution in [0.3, 0.4) is 0 Å². The van der Waals surface area contributed by atoms with Crippen molar-refractivity contribution in [1.29, 1.82) is 0 Å². The second-order valence-corrected chi connectivity index (χ2v) is 7.24. The molecule has 0 aliphatic carbocycles. The standard InChI is InChI=1S/C21H20N6O4/c1-25(13-18-21(30)31-24-26(18)2)17-12-19(28)27(20(17)29)16-10-8-15(9-11-16)23-22-14-6-4-3-5-7-14/h3-11,17H,12-13H2,1-2H3/p+1. The van der Waals surface area contributed by atoms with Crippen molar-refractivity contribution < 1.29 is 18.8 Å². The minimum Gasteiger partial charge on any atom is -0.284 e. The number of carbonyl (C=O) groups excluding carboxylic acids is 2. The lowest BCUT2D eigenvalue weighted by Crippen LogP contribution is -2.44. The van der Waals surface area contributed by atoms with Gasteiger partial charge in [0.25, 0.3) is 5.91 Å². The molecule has 1 aliphatic heterocycles. The van der Waals surface area contributed by atoms with E-state index in [-0.39, 0.29) is 24.8 Å². The molecule has 1 aliphatic rings. The number of hydrogen-bond acceptors (Lipinski definition) is 7. The zero-order chi connectivity index (χ0) is 22.0. The van der Waals surface area contributed by atoms with Crippen LogP contribution in [0.5, 0.6) is 0 Å². The fraction of sp³-hybridized carbons (Fsp3) is 0.238. The molecule has 10 heteroatoms. The molecule has 2 heterocycles. The molecule has 4 rings (SSSR count). The van der Waals surface area contributed by atoms with Gasteiger partial charge in [0.05, 0.1) is 36.1 Å². The van der Waals surface area contributed by atoms with E-state index in [1.165, 1.54) is 9.58 Å². The molecule has 0 radical (unpaired) electrons. The molecule has 0 spiro atoms. The Morgan fingerprint density at radius 2 is 1.71 bits per heavy atom. The highest BCUT2D eigenvalue weighted by atomic mass is 16.5. The molecule has 2 aromatic carbocycles. The van der Waals surface area contributed by atoms with Gasteiger partial charge in [-0.1, -0.05) is 22.9 Å². The van der Waals surface area contributed by atoms with Gasteiger partial charge in [-0.2, -0.15) is 10.2 Å². The molecule has 158 valence electrons. The van der Waals surface area contributed by atoms with Crippen molar-refractivity contribution in [2.24, 2.45) is 17.3 Å². The highest BCUT2D eigenvalue weighted by Gasteiger charge is 2.42. The number of amides is 2. The summed E-state index contributed by atoms with van der Waals surface area (Å²) in [7, 11) is 3.33. The molecule has 0 bridgehead atoms. The number of anilines is 1. The monoisotopic (exact) mass is 421 g/mol. The summed E-state index contributed by atoms with van der Waals surface area (Å²) in [6, 6.07) is 15.4. The molecule has 1 N–H and O–H groups in total. The Kier molecular flexibility index (Phi) is 5.54. The summed E-state index contributed by atoms with van der Waals surface area (Å²) < 4.78 is 6.18. The Morgan fingerprint density at radius 3 is 2.32 bits per heavy atom. The van der Waals surface area contributed by atoms with E-state index in [0.717, 1.165) is 5.69 Å². The SMILES string of the molecule is CN(Cc1c(=O)o[nH][n+]1C)C1CC(=O)N(c2ccc(N=Nc3ccccc3)cc2)C1=O. The third-order valence-electron chi connectivity index (χ3n) is 5.11. The third kappa shape index (κ3) is 4.19. The van der Waals surface area contributed by atoms with Crippen LogP contribution >= 0.6 is 0 Å². The summed E-state index contributed by atoms with van der Waals surface area (Å²) >= 11 is 0. The smallest absolute Gasteiger partial charge is 0.284 e. The zero-order valence-corrected chi connectivity index (χ0v) is 17.1. The van der Waals surface area contributed by atoms with Crippen LogP contribution in [0.1, 0.15) is 12.1 Å². The van der Waals surface area contributed by atoms with Gasteiger partial charge in [0.2, 0.25) is 5.91 Å². The molecule has 1 saturated heterocycles. The Labute approximate surface area is 177 Å². The Hall–Kier alpha value is -3.92. The number of azo groups is 1. The van der Waals surface area contributed by atoms with Crippen molar-refractivity contribution in [2.75, 3.05) is 11.9 Å². The van der Waals surface area contributed by atoms with E-state index in [2.05, 4.69) is 15.5 Å². The highest BCUT2D eigenvalue weighted by Crippen LogP contribution is 2.28. The zero-order valence-electron chi connectivity index (χ0n) is 17.1. The highest BCUT2D eigenvalue weighted by molar-refractivity contribution is 6.22. The van der Waals surface area contributed by atoms with Gasteiger partial charge in [0, 0.05) is 0 Å². The average Bonchev–Trinajstić information content (AvgIpc) is 3.26. The lowest BCUT2D eigenvalue weighted by Gasteiger charge is -2.20. The molecule has 1 atom stereocenters. The van der Waals surface area contributed by atoms with Gasteiger partial charge >= 0.3 is 11.3 Å². The van der Waals surface area contributed by atoms with Crippen molar-refractivity contribution in [2.45, 2.75) is 19.0 Å². The number of nitrogens with zero attached hydrogens (tertiary/aromatic N) is 5. The number of imide groups is 1. The van der Waals surface area contributed by atoms with Crippen molar-refractivity contribution in [1.82, 2.24) is 10.2 Å². The molecular weight excluding hydrogens is 400 g/mol. The quantitative estimate of drug-likeness (QED) is 0.371. The van der Waals surface area contributed by atoms with E-state index in [1.54, 1.807) is 43.3 Å². The first-order valence-corrected chi connectivity index (χ1v) is 9.64. The van der Waals surface area contributed by atoms with E-state index >= 15 is 0 Å². The molecule has 31 heavy (non-hydrogen) atoms. The number of rotatable bonds is 6. The second-order valence-electron chi connectivity index (χ2n) is 7.24. The number of aryl methyl sites for hydroxylation is 1. The van der Waals surface area contributed by atoms with Crippen molar-refractivity contribution >= 4 is 28.9 Å². The van der Waals surface area contributed by atoms with Gasteiger partial charge < -0.3 is 0 Å². The van der Waals surface area contributed by atoms with Crippen LogP contribution in [-0.2, 0) is 23.2 Å². The number of likely N-dealkylation sites (N-methyl/N-ethyl adjacent to an activating group) is 1. The Bertz CT molecular complexity index is 1180. The first-order valence-electron chi connectivity index (χ1n) is 9.64. The van der Waals surface area contributed by atoms with Gasteiger partial charge in [-0.05, 0) is 48.7 Å².